The Labute approximate surface area is 101 Å². The molecule has 1 aromatic heterocycles. The van der Waals surface area contributed by atoms with Crippen LogP contribution in [0.5, 0.6) is 0 Å². The maximum absolute atomic E-state index is 13.0. The maximum Gasteiger partial charge on any atom is 0.291 e. The first-order chi connectivity index (χ1) is 8.56. The molecule has 0 unspecified atom stereocenters. The Kier molecular flexibility index (Phi) is 3.27. The fourth-order valence-corrected chi connectivity index (χ4v) is 1.64. The molecule has 92 valence electrons. The standard InChI is InChI=1S/C12H8F2N2O2/c13-9-4-8(5-10(14)7-9)6-11-12(16(17)18)2-1-3-15-11/h1-5,7H,6H2. The second-order valence-electron chi connectivity index (χ2n) is 3.68. The van der Waals surface area contributed by atoms with Crippen LogP contribution in [0.15, 0.2) is 36.5 Å². The van der Waals surface area contributed by atoms with Crippen LogP contribution in [0.25, 0.3) is 0 Å². The molecule has 0 bridgehead atoms. The molecule has 0 spiro atoms. The van der Waals surface area contributed by atoms with E-state index in [2.05, 4.69) is 4.98 Å². The summed E-state index contributed by atoms with van der Waals surface area (Å²) < 4.78 is 26.0. The smallest absolute Gasteiger partial charge is 0.258 e. The molecular formula is C12H8F2N2O2. The first kappa shape index (κ1) is 12.1. The van der Waals surface area contributed by atoms with Crippen molar-refractivity contribution < 1.29 is 13.7 Å². The molecular weight excluding hydrogens is 242 g/mol. The van der Waals surface area contributed by atoms with Gasteiger partial charge in [-0.25, -0.2) is 8.78 Å². The molecule has 0 N–H and O–H groups in total. The van der Waals surface area contributed by atoms with Crippen molar-refractivity contribution >= 4 is 5.69 Å². The first-order valence-corrected chi connectivity index (χ1v) is 5.09. The molecule has 4 nitrogen and oxygen atoms in total. The van der Waals surface area contributed by atoms with Crippen molar-refractivity contribution in [3.63, 3.8) is 0 Å². The van der Waals surface area contributed by atoms with Crippen molar-refractivity contribution in [2.24, 2.45) is 0 Å². The molecule has 0 radical (unpaired) electrons. The van der Waals surface area contributed by atoms with Gasteiger partial charge in [-0.1, -0.05) is 0 Å². The third-order valence-corrected chi connectivity index (χ3v) is 2.36. The van der Waals surface area contributed by atoms with Gasteiger partial charge in [0.15, 0.2) is 0 Å². The number of hydrogen-bond acceptors (Lipinski definition) is 3. The number of benzene rings is 1. The second kappa shape index (κ2) is 4.87. The van der Waals surface area contributed by atoms with Crippen molar-refractivity contribution in [2.75, 3.05) is 0 Å². The van der Waals surface area contributed by atoms with E-state index in [1.807, 2.05) is 0 Å². The van der Waals surface area contributed by atoms with Crippen LogP contribution >= 0.6 is 0 Å². The van der Waals surface area contributed by atoms with Crippen LogP contribution in [0.1, 0.15) is 11.3 Å². The van der Waals surface area contributed by atoms with E-state index in [9.17, 15) is 18.9 Å². The van der Waals surface area contributed by atoms with Gasteiger partial charge < -0.3 is 0 Å². The summed E-state index contributed by atoms with van der Waals surface area (Å²) >= 11 is 0. The fourth-order valence-electron chi connectivity index (χ4n) is 1.64. The van der Waals surface area contributed by atoms with Crippen molar-refractivity contribution in [1.82, 2.24) is 4.98 Å². The van der Waals surface area contributed by atoms with E-state index in [1.54, 1.807) is 0 Å². The summed E-state index contributed by atoms with van der Waals surface area (Å²) in [6.45, 7) is 0. The molecule has 2 aromatic rings. The van der Waals surface area contributed by atoms with Gasteiger partial charge in [-0.05, 0) is 23.8 Å². The SMILES string of the molecule is O=[N+]([O-])c1cccnc1Cc1cc(F)cc(F)c1. The summed E-state index contributed by atoms with van der Waals surface area (Å²) in [6, 6.07) is 5.74. The van der Waals surface area contributed by atoms with Crippen molar-refractivity contribution in [3.8, 4) is 0 Å². The van der Waals surface area contributed by atoms with Gasteiger partial charge in [-0.2, -0.15) is 0 Å². The van der Waals surface area contributed by atoms with Crippen LogP contribution in [0.4, 0.5) is 14.5 Å². The van der Waals surface area contributed by atoms with Crippen LogP contribution in [0, 0.1) is 21.7 Å². The van der Waals surface area contributed by atoms with E-state index < -0.39 is 16.6 Å². The Morgan fingerprint density at radius 3 is 2.50 bits per heavy atom. The van der Waals surface area contributed by atoms with Gasteiger partial charge in [0, 0.05) is 24.8 Å². The summed E-state index contributed by atoms with van der Waals surface area (Å²) in [7, 11) is 0. The highest BCUT2D eigenvalue weighted by molar-refractivity contribution is 5.38. The topological polar surface area (TPSA) is 56.0 Å². The van der Waals surface area contributed by atoms with Gasteiger partial charge in [-0.15, -0.1) is 0 Å². The molecule has 0 saturated carbocycles. The van der Waals surface area contributed by atoms with Crippen LogP contribution in [0.2, 0.25) is 0 Å². The fraction of sp³-hybridized carbons (Fsp3) is 0.0833. The quantitative estimate of drug-likeness (QED) is 0.621. The van der Waals surface area contributed by atoms with E-state index in [0.717, 1.165) is 18.2 Å². The van der Waals surface area contributed by atoms with Crippen LogP contribution in [-0.2, 0) is 6.42 Å². The summed E-state index contributed by atoms with van der Waals surface area (Å²) in [5.41, 5.74) is 0.309. The lowest BCUT2D eigenvalue weighted by molar-refractivity contribution is -0.385. The highest BCUT2D eigenvalue weighted by atomic mass is 19.1. The number of pyridine rings is 1. The highest BCUT2D eigenvalue weighted by Crippen LogP contribution is 2.19. The van der Waals surface area contributed by atoms with Gasteiger partial charge >= 0.3 is 0 Å². The number of hydrogen-bond donors (Lipinski definition) is 0. The average Bonchev–Trinajstić information content (AvgIpc) is 2.27. The number of nitro groups is 1. The Morgan fingerprint density at radius 1 is 1.22 bits per heavy atom. The second-order valence-corrected chi connectivity index (χ2v) is 3.68. The lowest BCUT2D eigenvalue weighted by atomic mass is 10.1. The van der Waals surface area contributed by atoms with Crippen molar-refractivity contribution in [2.45, 2.75) is 6.42 Å². The van der Waals surface area contributed by atoms with Gasteiger partial charge in [0.1, 0.15) is 17.3 Å². The van der Waals surface area contributed by atoms with E-state index in [0.29, 0.717) is 5.56 Å². The zero-order valence-corrected chi connectivity index (χ0v) is 9.14. The minimum absolute atomic E-state index is 0.00579. The van der Waals surface area contributed by atoms with E-state index >= 15 is 0 Å². The van der Waals surface area contributed by atoms with Crippen molar-refractivity contribution in [3.05, 3.63) is 69.5 Å². The number of halogens is 2. The minimum atomic E-state index is -0.719. The van der Waals surface area contributed by atoms with Gasteiger partial charge in [0.25, 0.3) is 5.69 Å². The van der Waals surface area contributed by atoms with Gasteiger partial charge in [0.2, 0.25) is 0 Å². The van der Waals surface area contributed by atoms with Crippen molar-refractivity contribution in [1.29, 1.82) is 0 Å². The molecule has 0 aliphatic heterocycles. The average molecular weight is 250 g/mol. The summed E-state index contributed by atoms with van der Waals surface area (Å²) in [5.74, 6) is -1.44. The zero-order chi connectivity index (χ0) is 13.1. The molecule has 0 fully saturated rings. The maximum atomic E-state index is 13.0. The third kappa shape index (κ3) is 2.65. The van der Waals surface area contributed by atoms with Crippen LogP contribution in [-0.4, -0.2) is 9.91 Å². The Hall–Kier alpha value is -2.37. The Balaban J connectivity index is 2.37. The summed E-state index contributed by atoms with van der Waals surface area (Å²) in [4.78, 5) is 14.1. The van der Waals surface area contributed by atoms with Gasteiger partial charge in [-0.3, -0.25) is 15.1 Å². The Bertz CT molecular complexity index is 582. The van der Waals surface area contributed by atoms with E-state index in [1.165, 1.54) is 18.3 Å². The minimum Gasteiger partial charge on any atom is -0.258 e. The molecule has 0 saturated heterocycles. The van der Waals surface area contributed by atoms with Gasteiger partial charge in [0.05, 0.1) is 4.92 Å². The highest BCUT2D eigenvalue weighted by Gasteiger charge is 2.14. The zero-order valence-electron chi connectivity index (χ0n) is 9.14. The van der Waals surface area contributed by atoms with E-state index in [-0.39, 0.29) is 17.8 Å². The van der Waals surface area contributed by atoms with E-state index in [4.69, 9.17) is 0 Å². The molecule has 1 aromatic carbocycles. The molecule has 2 rings (SSSR count). The third-order valence-electron chi connectivity index (χ3n) is 2.36. The molecule has 6 heteroatoms. The summed E-state index contributed by atoms with van der Waals surface area (Å²) in [6.07, 6.45) is 1.41. The monoisotopic (exact) mass is 250 g/mol. The lowest BCUT2D eigenvalue weighted by Gasteiger charge is -2.03. The normalized spacial score (nSPS) is 10.3. The molecule has 0 aliphatic carbocycles. The first-order valence-electron chi connectivity index (χ1n) is 5.09. The largest absolute Gasteiger partial charge is 0.291 e. The number of nitrogens with zero attached hydrogens (tertiary/aromatic N) is 2. The van der Waals surface area contributed by atoms with Crippen LogP contribution in [0.3, 0.4) is 0 Å². The molecule has 0 amide bonds. The molecule has 0 aliphatic rings. The van der Waals surface area contributed by atoms with Crippen LogP contribution < -0.4 is 0 Å². The Morgan fingerprint density at radius 2 is 1.89 bits per heavy atom. The predicted octanol–water partition coefficient (Wildman–Crippen LogP) is 2.86. The number of aromatic nitrogens is 1. The molecule has 18 heavy (non-hydrogen) atoms. The molecule has 0 atom stereocenters. The number of rotatable bonds is 3. The lowest BCUT2D eigenvalue weighted by Crippen LogP contribution is -2.00. The molecule has 1 heterocycles. The summed E-state index contributed by atoms with van der Waals surface area (Å²) in [5, 5.41) is 10.8. The predicted molar refractivity (Wildman–Crippen MR) is 60.1 cm³/mol.